The number of benzene rings is 2. The van der Waals surface area contributed by atoms with E-state index in [-0.39, 0.29) is 43.4 Å². The molecule has 2 aliphatic heterocycles. The van der Waals surface area contributed by atoms with Gasteiger partial charge < -0.3 is 9.64 Å². The number of carbonyl (C=O) groups is 3. The van der Waals surface area contributed by atoms with Crippen molar-refractivity contribution in [2.24, 2.45) is 0 Å². The van der Waals surface area contributed by atoms with E-state index in [1.54, 1.807) is 11.0 Å². The first kappa shape index (κ1) is 23.1. The van der Waals surface area contributed by atoms with Gasteiger partial charge in [0.2, 0.25) is 17.7 Å². The lowest BCUT2D eigenvalue weighted by molar-refractivity contribution is -0.143. The highest BCUT2D eigenvalue weighted by atomic mass is 19.1. The molecule has 2 saturated heterocycles. The van der Waals surface area contributed by atoms with Crippen molar-refractivity contribution in [3.05, 3.63) is 71.5 Å². The van der Waals surface area contributed by atoms with Crippen LogP contribution in [0.15, 0.2) is 54.6 Å². The smallest absolute Gasteiger partial charge is 0.241 e. The van der Waals surface area contributed by atoms with Gasteiger partial charge >= 0.3 is 0 Å². The van der Waals surface area contributed by atoms with Gasteiger partial charge in [0.15, 0.2) is 0 Å². The Bertz CT molecular complexity index is 1030. The van der Waals surface area contributed by atoms with Crippen LogP contribution >= 0.6 is 0 Å². The SMILES string of the molecule is COCCN1C(=O)C[C@](CC(=O)N2CCC[C@H](c3ccccc3)C2)(c2ccccc2F)C1=O. The minimum Gasteiger partial charge on any atom is -0.383 e. The number of amides is 3. The molecule has 6 nitrogen and oxygen atoms in total. The van der Waals surface area contributed by atoms with E-state index in [1.165, 1.54) is 30.9 Å². The molecule has 2 aromatic carbocycles. The second kappa shape index (κ2) is 9.83. The molecule has 0 aliphatic carbocycles. The minimum atomic E-state index is -1.53. The summed E-state index contributed by atoms with van der Waals surface area (Å²) in [6.45, 7) is 1.40. The number of nitrogens with zero attached hydrogens (tertiary/aromatic N) is 2. The summed E-state index contributed by atoms with van der Waals surface area (Å²) in [4.78, 5) is 42.7. The minimum absolute atomic E-state index is 0.0817. The van der Waals surface area contributed by atoms with Crippen LogP contribution < -0.4 is 0 Å². The van der Waals surface area contributed by atoms with Crippen LogP contribution in [0.25, 0.3) is 0 Å². The van der Waals surface area contributed by atoms with E-state index in [4.69, 9.17) is 4.74 Å². The lowest BCUT2D eigenvalue weighted by Crippen LogP contribution is -2.46. The second-order valence-corrected chi connectivity index (χ2v) is 8.85. The normalized spacial score (nSPS) is 23.3. The molecule has 0 unspecified atom stereocenters. The van der Waals surface area contributed by atoms with Gasteiger partial charge in [-0.1, -0.05) is 48.5 Å². The van der Waals surface area contributed by atoms with Gasteiger partial charge in [-0.15, -0.1) is 0 Å². The Labute approximate surface area is 193 Å². The van der Waals surface area contributed by atoms with Gasteiger partial charge in [-0.2, -0.15) is 0 Å². The molecular weight excluding hydrogens is 423 g/mol. The Morgan fingerprint density at radius 1 is 1.12 bits per heavy atom. The molecule has 2 atom stereocenters. The Kier molecular flexibility index (Phi) is 6.88. The van der Waals surface area contributed by atoms with Crippen molar-refractivity contribution in [3.8, 4) is 0 Å². The third-order valence-electron chi connectivity index (χ3n) is 6.82. The summed E-state index contributed by atoms with van der Waals surface area (Å²) in [5.41, 5.74) is -0.252. The number of imide groups is 1. The molecule has 2 aliphatic rings. The largest absolute Gasteiger partial charge is 0.383 e. The average molecular weight is 453 g/mol. The lowest BCUT2D eigenvalue weighted by Gasteiger charge is -2.36. The van der Waals surface area contributed by atoms with E-state index < -0.39 is 23.0 Å². The standard InChI is InChI=1S/C26H29FN2O4/c1-33-15-14-29-24(31)17-26(25(29)32,21-11-5-6-12-22(21)27)16-23(30)28-13-7-10-20(18-28)19-8-3-2-4-9-19/h2-6,8-9,11-12,20H,7,10,13-18H2,1H3/t20-,26+/m0/s1. The maximum Gasteiger partial charge on any atom is 0.241 e. The molecule has 0 spiro atoms. The first-order valence-electron chi connectivity index (χ1n) is 11.4. The third-order valence-corrected chi connectivity index (χ3v) is 6.82. The van der Waals surface area contributed by atoms with Gasteiger partial charge in [0.05, 0.1) is 18.6 Å². The van der Waals surface area contributed by atoms with Crippen molar-refractivity contribution >= 4 is 17.7 Å². The van der Waals surface area contributed by atoms with E-state index >= 15 is 0 Å². The molecule has 0 N–H and O–H groups in total. The van der Waals surface area contributed by atoms with Gasteiger partial charge in [0.25, 0.3) is 0 Å². The Morgan fingerprint density at radius 2 is 1.85 bits per heavy atom. The number of piperidine rings is 1. The zero-order valence-corrected chi connectivity index (χ0v) is 18.8. The topological polar surface area (TPSA) is 66.9 Å². The zero-order valence-electron chi connectivity index (χ0n) is 18.8. The summed E-state index contributed by atoms with van der Waals surface area (Å²) in [5, 5.41) is 0. The summed E-state index contributed by atoms with van der Waals surface area (Å²) in [6, 6.07) is 16.0. The Balaban J connectivity index is 1.61. The molecule has 33 heavy (non-hydrogen) atoms. The van der Waals surface area contributed by atoms with Crippen molar-refractivity contribution in [2.75, 3.05) is 33.4 Å². The molecule has 0 bridgehead atoms. The van der Waals surface area contributed by atoms with Gasteiger partial charge in [-0.25, -0.2) is 4.39 Å². The van der Waals surface area contributed by atoms with Crippen molar-refractivity contribution in [1.29, 1.82) is 0 Å². The number of halogens is 1. The summed E-state index contributed by atoms with van der Waals surface area (Å²) >= 11 is 0. The molecule has 2 aromatic rings. The molecule has 2 heterocycles. The first-order valence-corrected chi connectivity index (χ1v) is 11.4. The number of methoxy groups -OCH3 is 1. The monoisotopic (exact) mass is 452 g/mol. The molecule has 174 valence electrons. The summed E-state index contributed by atoms with van der Waals surface area (Å²) in [6.07, 6.45) is 1.38. The fourth-order valence-electron chi connectivity index (χ4n) is 5.07. The van der Waals surface area contributed by atoms with E-state index in [1.807, 2.05) is 18.2 Å². The number of rotatable bonds is 7. The van der Waals surface area contributed by atoms with E-state index in [0.717, 1.165) is 17.7 Å². The van der Waals surface area contributed by atoms with Crippen molar-refractivity contribution in [1.82, 2.24) is 9.80 Å². The van der Waals surface area contributed by atoms with Gasteiger partial charge in [0, 0.05) is 44.5 Å². The predicted octanol–water partition coefficient (Wildman–Crippen LogP) is 3.27. The Morgan fingerprint density at radius 3 is 2.58 bits per heavy atom. The van der Waals surface area contributed by atoms with Crippen LogP contribution in [0, 0.1) is 5.82 Å². The molecule has 7 heteroatoms. The number of ether oxygens (including phenoxy) is 1. The molecular formula is C26H29FN2O4. The van der Waals surface area contributed by atoms with Gasteiger partial charge in [0.1, 0.15) is 5.82 Å². The molecule has 0 aromatic heterocycles. The summed E-state index contributed by atoms with van der Waals surface area (Å²) in [7, 11) is 1.48. The van der Waals surface area contributed by atoms with Crippen LogP contribution in [0.4, 0.5) is 4.39 Å². The first-order chi connectivity index (χ1) is 16.0. The molecule has 2 fully saturated rings. The third kappa shape index (κ3) is 4.55. The van der Waals surface area contributed by atoms with Crippen LogP contribution in [0.5, 0.6) is 0 Å². The number of hydrogen-bond acceptors (Lipinski definition) is 4. The highest BCUT2D eigenvalue weighted by Gasteiger charge is 2.55. The second-order valence-electron chi connectivity index (χ2n) is 8.85. The zero-order chi connectivity index (χ0) is 23.4. The van der Waals surface area contributed by atoms with Crippen molar-refractivity contribution in [3.63, 3.8) is 0 Å². The Hall–Kier alpha value is -3.06. The predicted molar refractivity (Wildman–Crippen MR) is 121 cm³/mol. The maximum atomic E-state index is 14.9. The van der Waals surface area contributed by atoms with Gasteiger partial charge in [-0.05, 0) is 24.5 Å². The van der Waals surface area contributed by atoms with Crippen LogP contribution in [-0.4, -0.2) is 60.9 Å². The number of likely N-dealkylation sites (tertiary alicyclic amines) is 2. The number of hydrogen-bond donors (Lipinski definition) is 0. The van der Waals surface area contributed by atoms with E-state index in [0.29, 0.717) is 13.1 Å². The van der Waals surface area contributed by atoms with E-state index in [9.17, 15) is 18.8 Å². The summed E-state index contributed by atoms with van der Waals surface area (Å²) in [5.74, 6) is -1.53. The van der Waals surface area contributed by atoms with Gasteiger partial charge in [-0.3, -0.25) is 19.3 Å². The van der Waals surface area contributed by atoms with Crippen molar-refractivity contribution in [2.45, 2.75) is 37.0 Å². The van der Waals surface area contributed by atoms with E-state index in [2.05, 4.69) is 12.1 Å². The van der Waals surface area contributed by atoms with Crippen LogP contribution in [0.1, 0.15) is 42.7 Å². The van der Waals surface area contributed by atoms with Crippen LogP contribution in [-0.2, 0) is 24.5 Å². The van der Waals surface area contributed by atoms with Crippen LogP contribution in [0.2, 0.25) is 0 Å². The molecule has 0 saturated carbocycles. The molecule has 3 amide bonds. The fourth-order valence-corrected chi connectivity index (χ4v) is 5.07. The average Bonchev–Trinajstić information content (AvgIpc) is 3.07. The molecule has 0 radical (unpaired) electrons. The quantitative estimate of drug-likeness (QED) is 0.605. The van der Waals surface area contributed by atoms with Crippen molar-refractivity contribution < 1.29 is 23.5 Å². The lowest BCUT2D eigenvalue weighted by atomic mass is 9.75. The highest BCUT2D eigenvalue weighted by molar-refractivity contribution is 6.10. The highest BCUT2D eigenvalue weighted by Crippen LogP contribution is 2.42. The fraction of sp³-hybridized carbons (Fsp3) is 0.423. The van der Waals surface area contributed by atoms with Crippen LogP contribution in [0.3, 0.4) is 0 Å². The number of carbonyl (C=O) groups excluding carboxylic acids is 3. The maximum absolute atomic E-state index is 14.9. The summed E-state index contributed by atoms with van der Waals surface area (Å²) < 4.78 is 19.9. The molecule has 4 rings (SSSR count).